The van der Waals surface area contributed by atoms with E-state index < -0.39 is 0 Å². The maximum absolute atomic E-state index is 13.1. The molecule has 19 heavy (non-hydrogen) atoms. The van der Waals surface area contributed by atoms with Crippen LogP contribution in [0.1, 0.15) is 5.69 Å². The molecule has 1 aromatic heterocycles. The molecule has 1 N–H and O–H groups in total. The highest BCUT2D eigenvalue weighted by atomic mass is 19.1. The van der Waals surface area contributed by atoms with Gasteiger partial charge in [-0.25, -0.2) is 9.37 Å². The van der Waals surface area contributed by atoms with Crippen molar-refractivity contribution in [3.8, 4) is 11.5 Å². The lowest BCUT2D eigenvalue weighted by atomic mass is 10.0. The van der Waals surface area contributed by atoms with Crippen LogP contribution in [0.4, 0.5) is 4.39 Å². The topological polar surface area (TPSA) is 49.5 Å². The molecule has 0 spiro atoms. The van der Waals surface area contributed by atoms with Crippen molar-refractivity contribution in [1.29, 1.82) is 0 Å². The van der Waals surface area contributed by atoms with E-state index in [0.29, 0.717) is 23.9 Å². The number of aromatic nitrogens is 1. The summed E-state index contributed by atoms with van der Waals surface area (Å²) in [5.74, 6) is 0.522. The summed E-state index contributed by atoms with van der Waals surface area (Å²) in [7, 11) is 0. The molecule has 2 heterocycles. The second kappa shape index (κ2) is 5.11. The quantitative estimate of drug-likeness (QED) is 0.914. The van der Waals surface area contributed by atoms with E-state index in [-0.39, 0.29) is 12.4 Å². The van der Waals surface area contributed by atoms with Gasteiger partial charge in [-0.05, 0) is 18.2 Å². The van der Waals surface area contributed by atoms with Crippen molar-refractivity contribution in [3.05, 3.63) is 42.0 Å². The van der Waals surface area contributed by atoms with Crippen molar-refractivity contribution in [2.24, 2.45) is 5.92 Å². The second-order valence-corrected chi connectivity index (χ2v) is 4.90. The zero-order valence-electron chi connectivity index (χ0n) is 10.4. The third-order valence-electron chi connectivity index (χ3n) is 3.30. The van der Waals surface area contributed by atoms with Gasteiger partial charge < -0.3 is 9.52 Å². The summed E-state index contributed by atoms with van der Waals surface area (Å²) >= 11 is 0. The fourth-order valence-corrected chi connectivity index (χ4v) is 2.28. The van der Waals surface area contributed by atoms with Crippen molar-refractivity contribution in [1.82, 2.24) is 9.88 Å². The molecule has 1 aliphatic heterocycles. The van der Waals surface area contributed by atoms with Crippen molar-refractivity contribution in [3.63, 3.8) is 0 Å². The van der Waals surface area contributed by atoms with Crippen LogP contribution in [-0.4, -0.2) is 34.7 Å². The predicted octanol–water partition coefficient (Wildman–Crippen LogP) is 1.90. The van der Waals surface area contributed by atoms with E-state index in [4.69, 9.17) is 9.52 Å². The van der Waals surface area contributed by atoms with Crippen LogP contribution < -0.4 is 0 Å². The van der Waals surface area contributed by atoms with Gasteiger partial charge in [-0.15, -0.1) is 0 Å². The fraction of sp³-hybridized carbons (Fsp3) is 0.357. The molecule has 0 amide bonds. The van der Waals surface area contributed by atoms with E-state index in [1.54, 1.807) is 18.4 Å². The van der Waals surface area contributed by atoms with Gasteiger partial charge in [-0.1, -0.05) is 6.07 Å². The lowest BCUT2D eigenvalue weighted by Gasteiger charge is -2.37. The first-order valence-corrected chi connectivity index (χ1v) is 6.28. The minimum Gasteiger partial charge on any atom is -0.444 e. The van der Waals surface area contributed by atoms with Crippen LogP contribution in [0, 0.1) is 11.7 Å². The number of nitrogens with zero attached hydrogens (tertiary/aromatic N) is 2. The Morgan fingerprint density at radius 1 is 1.42 bits per heavy atom. The maximum Gasteiger partial charge on any atom is 0.226 e. The third kappa shape index (κ3) is 2.67. The smallest absolute Gasteiger partial charge is 0.226 e. The number of likely N-dealkylation sites (tertiary alicyclic amines) is 1. The molecule has 0 aliphatic carbocycles. The van der Waals surface area contributed by atoms with Crippen LogP contribution in [0.25, 0.3) is 11.5 Å². The van der Waals surface area contributed by atoms with Gasteiger partial charge in [-0.3, -0.25) is 4.90 Å². The first kappa shape index (κ1) is 12.3. The zero-order valence-corrected chi connectivity index (χ0v) is 10.4. The van der Waals surface area contributed by atoms with E-state index in [9.17, 15) is 4.39 Å². The Morgan fingerprint density at radius 3 is 3.00 bits per heavy atom. The SMILES string of the molecule is OCC1CN(Cc2coc(-c3cccc(F)c3)n2)C1. The van der Waals surface area contributed by atoms with Gasteiger partial charge in [0.05, 0.1) is 5.69 Å². The first-order valence-electron chi connectivity index (χ1n) is 6.28. The second-order valence-electron chi connectivity index (χ2n) is 4.90. The van der Waals surface area contributed by atoms with Gasteiger partial charge >= 0.3 is 0 Å². The molecule has 100 valence electrons. The summed E-state index contributed by atoms with van der Waals surface area (Å²) in [5.41, 5.74) is 1.47. The highest BCUT2D eigenvalue weighted by molar-refractivity contribution is 5.52. The van der Waals surface area contributed by atoms with Gasteiger partial charge in [-0.2, -0.15) is 0 Å². The monoisotopic (exact) mass is 262 g/mol. The molecule has 0 unspecified atom stereocenters. The number of benzene rings is 1. The van der Waals surface area contributed by atoms with Gasteiger partial charge in [0.25, 0.3) is 0 Å². The summed E-state index contributed by atoms with van der Waals surface area (Å²) in [6, 6.07) is 6.20. The lowest BCUT2D eigenvalue weighted by molar-refractivity contribution is 0.0470. The number of hydrogen-bond acceptors (Lipinski definition) is 4. The Morgan fingerprint density at radius 2 is 2.26 bits per heavy atom. The molecule has 1 saturated heterocycles. The molecule has 1 aliphatic rings. The van der Waals surface area contributed by atoms with Crippen LogP contribution in [-0.2, 0) is 6.54 Å². The summed E-state index contributed by atoms with van der Waals surface area (Å²) in [6.45, 7) is 2.72. The van der Waals surface area contributed by atoms with Gasteiger partial charge in [0.1, 0.15) is 12.1 Å². The number of aliphatic hydroxyl groups is 1. The summed E-state index contributed by atoms with van der Waals surface area (Å²) in [4.78, 5) is 6.55. The number of oxazole rings is 1. The fourth-order valence-electron chi connectivity index (χ4n) is 2.28. The first-order chi connectivity index (χ1) is 9.24. The van der Waals surface area contributed by atoms with Crippen molar-refractivity contribution >= 4 is 0 Å². The Labute approximate surface area is 110 Å². The normalized spacial score (nSPS) is 16.5. The number of hydrogen-bond donors (Lipinski definition) is 1. The average Bonchev–Trinajstić information content (AvgIpc) is 2.82. The van der Waals surface area contributed by atoms with E-state index >= 15 is 0 Å². The largest absolute Gasteiger partial charge is 0.444 e. The van der Waals surface area contributed by atoms with Crippen LogP contribution in [0.3, 0.4) is 0 Å². The third-order valence-corrected chi connectivity index (χ3v) is 3.30. The Kier molecular flexibility index (Phi) is 3.31. The van der Waals surface area contributed by atoms with Crippen molar-refractivity contribution < 1.29 is 13.9 Å². The molecule has 4 nitrogen and oxygen atoms in total. The van der Waals surface area contributed by atoms with Gasteiger partial charge in [0.15, 0.2) is 0 Å². The molecule has 0 atom stereocenters. The average molecular weight is 262 g/mol. The van der Waals surface area contributed by atoms with Crippen molar-refractivity contribution in [2.45, 2.75) is 6.54 Å². The van der Waals surface area contributed by atoms with Crippen LogP contribution in [0.2, 0.25) is 0 Å². The molecule has 5 heteroatoms. The Hall–Kier alpha value is -1.72. The van der Waals surface area contributed by atoms with Gasteiger partial charge in [0, 0.05) is 37.7 Å². The van der Waals surface area contributed by atoms with E-state index in [0.717, 1.165) is 18.8 Å². The molecule has 1 aromatic carbocycles. The van der Waals surface area contributed by atoms with E-state index in [1.807, 2.05) is 0 Å². The standard InChI is InChI=1S/C14H15FN2O2/c15-12-3-1-2-11(4-12)14-16-13(9-19-14)7-17-5-10(6-17)8-18/h1-4,9-10,18H,5-8H2. The van der Waals surface area contributed by atoms with Crippen LogP contribution in [0.15, 0.2) is 34.9 Å². The van der Waals surface area contributed by atoms with Crippen LogP contribution >= 0.6 is 0 Å². The molecular formula is C14H15FN2O2. The highest BCUT2D eigenvalue weighted by Gasteiger charge is 2.26. The Bertz CT molecular complexity index is 564. The van der Waals surface area contributed by atoms with Crippen molar-refractivity contribution in [2.75, 3.05) is 19.7 Å². The molecular weight excluding hydrogens is 247 g/mol. The molecule has 2 aromatic rings. The number of aliphatic hydroxyl groups excluding tert-OH is 1. The number of rotatable bonds is 4. The van der Waals surface area contributed by atoms with E-state index in [2.05, 4.69) is 9.88 Å². The minimum atomic E-state index is -0.300. The van der Waals surface area contributed by atoms with Crippen LogP contribution in [0.5, 0.6) is 0 Å². The molecule has 0 radical (unpaired) electrons. The molecule has 0 bridgehead atoms. The maximum atomic E-state index is 13.1. The predicted molar refractivity (Wildman–Crippen MR) is 67.7 cm³/mol. The summed E-state index contributed by atoms with van der Waals surface area (Å²) in [5, 5.41) is 8.95. The van der Waals surface area contributed by atoms with Gasteiger partial charge in [0.2, 0.25) is 5.89 Å². The van der Waals surface area contributed by atoms with E-state index in [1.165, 1.54) is 12.1 Å². The lowest BCUT2D eigenvalue weighted by Crippen LogP contribution is -2.47. The minimum absolute atomic E-state index is 0.240. The summed E-state index contributed by atoms with van der Waals surface area (Å²) in [6.07, 6.45) is 1.60. The Balaban J connectivity index is 1.67. The number of halogens is 1. The summed E-state index contributed by atoms with van der Waals surface area (Å²) < 4.78 is 18.5. The molecule has 0 saturated carbocycles. The molecule has 3 rings (SSSR count). The zero-order chi connectivity index (χ0) is 13.2. The highest BCUT2D eigenvalue weighted by Crippen LogP contribution is 2.22. The molecule has 1 fully saturated rings.